The van der Waals surface area contributed by atoms with Gasteiger partial charge in [0.15, 0.2) is 0 Å². The lowest BCUT2D eigenvalue weighted by Gasteiger charge is -2.03. The van der Waals surface area contributed by atoms with Crippen LogP contribution in [-0.4, -0.2) is 23.5 Å². The highest BCUT2D eigenvalue weighted by Gasteiger charge is 2.04. The van der Waals surface area contributed by atoms with Crippen molar-refractivity contribution < 1.29 is 14.7 Å². The molecule has 80 valence electrons. The molecule has 4 heteroatoms. The number of carboxylic acid groups (broad SMARTS) is 1. The Labute approximate surface area is 87.9 Å². The quantitative estimate of drug-likeness (QED) is 0.765. The van der Waals surface area contributed by atoms with Gasteiger partial charge in [-0.1, -0.05) is 29.8 Å². The number of carbonyl (C=O) groups is 2. The number of aliphatic carboxylic acids is 1. The molecule has 1 rings (SSSR count). The van der Waals surface area contributed by atoms with E-state index in [1.54, 1.807) is 0 Å². The van der Waals surface area contributed by atoms with Crippen LogP contribution in [-0.2, 0) is 16.0 Å². The van der Waals surface area contributed by atoms with E-state index in [9.17, 15) is 9.59 Å². The molecule has 0 aliphatic heterocycles. The lowest BCUT2D eigenvalue weighted by molar-refractivity contribution is -0.137. The van der Waals surface area contributed by atoms with E-state index >= 15 is 0 Å². The smallest absolute Gasteiger partial charge is 0.322 e. The minimum atomic E-state index is -1.03. The standard InChI is InChI=1S/C11H13NO3/c1-8-3-2-4-9(5-8)6-10(13)12-7-11(14)15/h2-5H,6-7H2,1H3,(H,12,13)(H,14,15). The summed E-state index contributed by atoms with van der Waals surface area (Å²) in [6, 6.07) is 7.56. The van der Waals surface area contributed by atoms with E-state index in [1.165, 1.54) is 0 Å². The molecule has 0 saturated carbocycles. The number of carboxylic acids is 1. The van der Waals surface area contributed by atoms with Gasteiger partial charge in [-0.05, 0) is 12.5 Å². The fraction of sp³-hybridized carbons (Fsp3) is 0.273. The number of nitrogens with one attached hydrogen (secondary N) is 1. The maximum atomic E-state index is 11.3. The zero-order valence-corrected chi connectivity index (χ0v) is 8.49. The van der Waals surface area contributed by atoms with Crippen LogP contribution in [0.4, 0.5) is 0 Å². The Hall–Kier alpha value is -1.84. The Morgan fingerprint density at radius 2 is 2.13 bits per heavy atom. The van der Waals surface area contributed by atoms with Crippen molar-refractivity contribution in [1.29, 1.82) is 0 Å². The van der Waals surface area contributed by atoms with Crippen LogP contribution in [0.15, 0.2) is 24.3 Å². The average molecular weight is 207 g/mol. The maximum absolute atomic E-state index is 11.3. The molecule has 4 nitrogen and oxygen atoms in total. The Kier molecular flexibility index (Phi) is 3.85. The average Bonchev–Trinajstić information content (AvgIpc) is 2.15. The van der Waals surface area contributed by atoms with Gasteiger partial charge in [-0.25, -0.2) is 0 Å². The molecule has 0 atom stereocenters. The first-order valence-corrected chi connectivity index (χ1v) is 4.62. The molecule has 0 unspecified atom stereocenters. The maximum Gasteiger partial charge on any atom is 0.322 e. The first kappa shape index (κ1) is 11.2. The zero-order chi connectivity index (χ0) is 11.3. The number of benzene rings is 1. The van der Waals surface area contributed by atoms with Gasteiger partial charge in [0.2, 0.25) is 5.91 Å². The minimum Gasteiger partial charge on any atom is -0.480 e. The third-order valence-electron chi connectivity index (χ3n) is 1.88. The van der Waals surface area contributed by atoms with Crippen molar-refractivity contribution >= 4 is 11.9 Å². The van der Waals surface area contributed by atoms with Gasteiger partial charge in [0.1, 0.15) is 6.54 Å². The molecule has 1 amide bonds. The van der Waals surface area contributed by atoms with Crippen molar-refractivity contribution in [2.75, 3.05) is 6.54 Å². The summed E-state index contributed by atoms with van der Waals surface area (Å²) >= 11 is 0. The van der Waals surface area contributed by atoms with Gasteiger partial charge in [0, 0.05) is 0 Å². The SMILES string of the molecule is Cc1cccc(CC(=O)NCC(=O)O)c1. The molecule has 0 spiro atoms. The van der Waals surface area contributed by atoms with E-state index in [0.717, 1.165) is 11.1 Å². The second-order valence-corrected chi connectivity index (χ2v) is 3.34. The van der Waals surface area contributed by atoms with Crippen molar-refractivity contribution in [1.82, 2.24) is 5.32 Å². The van der Waals surface area contributed by atoms with E-state index in [0.29, 0.717) is 0 Å². The van der Waals surface area contributed by atoms with E-state index in [1.807, 2.05) is 31.2 Å². The van der Waals surface area contributed by atoms with Gasteiger partial charge < -0.3 is 10.4 Å². The van der Waals surface area contributed by atoms with E-state index in [4.69, 9.17) is 5.11 Å². The van der Waals surface area contributed by atoms with Gasteiger partial charge in [-0.2, -0.15) is 0 Å². The summed E-state index contributed by atoms with van der Waals surface area (Å²) in [6.45, 7) is 1.61. The molecule has 0 radical (unpaired) electrons. The largest absolute Gasteiger partial charge is 0.480 e. The number of hydrogen-bond acceptors (Lipinski definition) is 2. The van der Waals surface area contributed by atoms with Crippen molar-refractivity contribution in [2.45, 2.75) is 13.3 Å². The fourth-order valence-corrected chi connectivity index (χ4v) is 1.24. The Morgan fingerprint density at radius 3 is 2.73 bits per heavy atom. The number of hydrogen-bond donors (Lipinski definition) is 2. The topological polar surface area (TPSA) is 66.4 Å². The number of rotatable bonds is 4. The van der Waals surface area contributed by atoms with Gasteiger partial charge >= 0.3 is 5.97 Å². The van der Waals surface area contributed by atoms with Gasteiger partial charge in [-0.3, -0.25) is 9.59 Å². The van der Waals surface area contributed by atoms with Crippen LogP contribution >= 0.6 is 0 Å². The number of aryl methyl sites for hydroxylation is 1. The van der Waals surface area contributed by atoms with Crippen molar-refractivity contribution in [3.63, 3.8) is 0 Å². The van der Waals surface area contributed by atoms with Crippen LogP contribution in [0.3, 0.4) is 0 Å². The molecular formula is C11H13NO3. The second-order valence-electron chi connectivity index (χ2n) is 3.34. The van der Waals surface area contributed by atoms with Gasteiger partial charge in [-0.15, -0.1) is 0 Å². The monoisotopic (exact) mass is 207 g/mol. The third-order valence-corrected chi connectivity index (χ3v) is 1.88. The molecule has 0 fully saturated rings. The number of amides is 1. The van der Waals surface area contributed by atoms with Crippen LogP contribution in [0.2, 0.25) is 0 Å². The van der Waals surface area contributed by atoms with Crippen molar-refractivity contribution in [3.05, 3.63) is 35.4 Å². The van der Waals surface area contributed by atoms with Crippen molar-refractivity contribution in [2.24, 2.45) is 0 Å². The molecule has 15 heavy (non-hydrogen) atoms. The van der Waals surface area contributed by atoms with Gasteiger partial charge in [0.05, 0.1) is 6.42 Å². The Morgan fingerprint density at radius 1 is 1.40 bits per heavy atom. The lowest BCUT2D eigenvalue weighted by atomic mass is 10.1. The lowest BCUT2D eigenvalue weighted by Crippen LogP contribution is -2.30. The van der Waals surface area contributed by atoms with Crippen LogP contribution in [0.5, 0.6) is 0 Å². The van der Waals surface area contributed by atoms with Crippen LogP contribution in [0.1, 0.15) is 11.1 Å². The number of carbonyl (C=O) groups excluding carboxylic acids is 1. The summed E-state index contributed by atoms with van der Waals surface area (Å²) in [5.74, 6) is -1.31. The highest BCUT2D eigenvalue weighted by molar-refractivity contribution is 5.82. The summed E-state index contributed by atoms with van der Waals surface area (Å²) < 4.78 is 0. The summed E-state index contributed by atoms with van der Waals surface area (Å²) in [7, 11) is 0. The molecule has 0 bridgehead atoms. The Balaban J connectivity index is 2.48. The Bertz CT molecular complexity index is 374. The first-order valence-electron chi connectivity index (χ1n) is 4.62. The first-order chi connectivity index (χ1) is 7.08. The molecule has 0 aliphatic carbocycles. The van der Waals surface area contributed by atoms with Crippen LogP contribution in [0, 0.1) is 6.92 Å². The molecule has 1 aromatic rings. The van der Waals surface area contributed by atoms with Gasteiger partial charge in [0.25, 0.3) is 0 Å². The molecule has 0 heterocycles. The van der Waals surface area contributed by atoms with E-state index < -0.39 is 5.97 Å². The summed E-state index contributed by atoms with van der Waals surface area (Å²) in [4.78, 5) is 21.4. The predicted octanol–water partition coefficient (Wildman–Crippen LogP) is 0.738. The second kappa shape index (κ2) is 5.14. The van der Waals surface area contributed by atoms with E-state index in [2.05, 4.69) is 5.32 Å². The predicted molar refractivity (Wildman–Crippen MR) is 55.5 cm³/mol. The van der Waals surface area contributed by atoms with E-state index in [-0.39, 0.29) is 18.9 Å². The molecule has 0 aromatic heterocycles. The minimum absolute atomic E-state index is 0.217. The fourth-order valence-electron chi connectivity index (χ4n) is 1.24. The summed E-state index contributed by atoms with van der Waals surface area (Å²) in [6.07, 6.45) is 0.217. The summed E-state index contributed by atoms with van der Waals surface area (Å²) in [5, 5.41) is 10.7. The normalized spacial score (nSPS) is 9.67. The highest BCUT2D eigenvalue weighted by Crippen LogP contribution is 2.04. The molecule has 2 N–H and O–H groups in total. The molecular weight excluding hydrogens is 194 g/mol. The summed E-state index contributed by atoms with van der Waals surface area (Å²) in [5.41, 5.74) is 1.97. The van der Waals surface area contributed by atoms with Crippen LogP contribution in [0.25, 0.3) is 0 Å². The van der Waals surface area contributed by atoms with Crippen molar-refractivity contribution in [3.8, 4) is 0 Å². The molecule has 1 aromatic carbocycles. The third kappa shape index (κ3) is 4.26. The highest BCUT2D eigenvalue weighted by atomic mass is 16.4. The zero-order valence-electron chi connectivity index (χ0n) is 8.49. The van der Waals surface area contributed by atoms with Crippen LogP contribution < -0.4 is 5.32 Å². The molecule has 0 aliphatic rings. The molecule has 0 saturated heterocycles.